The van der Waals surface area contributed by atoms with E-state index < -0.39 is 0 Å². The molecule has 76 valence electrons. The van der Waals surface area contributed by atoms with Gasteiger partial charge in [-0.05, 0) is 35.0 Å². The molecule has 4 heteroatoms. The number of para-hydroxylation sites is 1. The van der Waals surface area contributed by atoms with Gasteiger partial charge in [-0.25, -0.2) is 4.79 Å². The van der Waals surface area contributed by atoms with Crippen LogP contribution in [0.15, 0.2) is 22.7 Å². The molecular formula is C10H11BrO3. The number of carbonyl (C=O) groups excluding carboxylic acids is 1. The molecule has 0 atom stereocenters. The Bertz CT molecular complexity index is 336. The Morgan fingerprint density at radius 3 is 2.79 bits per heavy atom. The highest BCUT2D eigenvalue weighted by Gasteiger charge is 2.14. The van der Waals surface area contributed by atoms with Crippen molar-refractivity contribution in [1.29, 1.82) is 0 Å². The zero-order valence-electron chi connectivity index (χ0n) is 8.04. The number of hydrogen-bond acceptors (Lipinski definition) is 3. The first kappa shape index (κ1) is 11.0. The van der Waals surface area contributed by atoms with Gasteiger partial charge in [-0.1, -0.05) is 6.07 Å². The van der Waals surface area contributed by atoms with Crippen LogP contribution < -0.4 is 4.74 Å². The minimum atomic E-state index is -0.370. The second-order valence-corrected chi connectivity index (χ2v) is 3.40. The van der Waals surface area contributed by atoms with Crippen LogP contribution in [0, 0.1) is 0 Å². The van der Waals surface area contributed by atoms with Crippen molar-refractivity contribution in [3.05, 3.63) is 28.2 Å². The predicted molar refractivity (Wildman–Crippen MR) is 56.7 cm³/mol. The van der Waals surface area contributed by atoms with E-state index in [1.165, 1.54) is 7.11 Å². The van der Waals surface area contributed by atoms with Crippen LogP contribution >= 0.6 is 15.9 Å². The maximum atomic E-state index is 11.5. The lowest BCUT2D eigenvalue weighted by molar-refractivity contribution is 0.0522. The summed E-state index contributed by atoms with van der Waals surface area (Å²) in [5.74, 6) is 0.136. The molecule has 0 aliphatic heterocycles. The summed E-state index contributed by atoms with van der Waals surface area (Å²) in [6, 6.07) is 5.24. The highest BCUT2D eigenvalue weighted by atomic mass is 79.9. The number of hydrogen-bond donors (Lipinski definition) is 0. The maximum absolute atomic E-state index is 11.5. The third-order valence-electron chi connectivity index (χ3n) is 1.67. The van der Waals surface area contributed by atoms with Crippen LogP contribution in [0.4, 0.5) is 0 Å². The van der Waals surface area contributed by atoms with E-state index >= 15 is 0 Å². The molecule has 0 fully saturated rings. The van der Waals surface area contributed by atoms with E-state index in [0.29, 0.717) is 17.9 Å². The van der Waals surface area contributed by atoms with Gasteiger partial charge < -0.3 is 9.47 Å². The molecule has 3 nitrogen and oxygen atoms in total. The summed E-state index contributed by atoms with van der Waals surface area (Å²) in [5.41, 5.74) is 0.434. The molecule has 0 amide bonds. The number of carbonyl (C=O) groups is 1. The summed E-state index contributed by atoms with van der Waals surface area (Å²) >= 11 is 3.29. The number of halogens is 1. The summed E-state index contributed by atoms with van der Waals surface area (Å²) in [4.78, 5) is 11.5. The van der Waals surface area contributed by atoms with Crippen LogP contribution in [0.25, 0.3) is 0 Å². The van der Waals surface area contributed by atoms with E-state index in [4.69, 9.17) is 9.47 Å². The molecule has 0 N–H and O–H groups in total. The zero-order valence-corrected chi connectivity index (χ0v) is 9.63. The number of esters is 1. The Balaban J connectivity index is 3.07. The molecular weight excluding hydrogens is 248 g/mol. The Hall–Kier alpha value is -1.03. The average molecular weight is 259 g/mol. The van der Waals surface area contributed by atoms with E-state index in [-0.39, 0.29) is 5.97 Å². The minimum Gasteiger partial charge on any atom is -0.495 e. The van der Waals surface area contributed by atoms with Crippen LogP contribution in [-0.2, 0) is 4.74 Å². The van der Waals surface area contributed by atoms with Crippen LogP contribution in [0.5, 0.6) is 5.75 Å². The van der Waals surface area contributed by atoms with Gasteiger partial charge in [0, 0.05) is 0 Å². The quantitative estimate of drug-likeness (QED) is 0.783. The molecule has 14 heavy (non-hydrogen) atoms. The smallest absolute Gasteiger partial charge is 0.341 e. The Morgan fingerprint density at radius 1 is 1.50 bits per heavy atom. The van der Waals surface area contributed by atoms with Crippen molar-refractivity contribution in [1.82, 2.24) is 0 Å². The SMILES string of the molecule is CCOC(=O)c1cccc(Br)c1OC. The highest BCUT2D eigenvalue weighted by Crippen LogP contribution is 2.28. The van der Waals surface area contributed by atoms with Crippen LogP contribution in [0.3, 0.4) is 0 Å². The lowest BCUT2D eigenvalue weighted by Gasteiger charge is -2.08. The molecule has 0 saturated carbocycles. The Morgan fingerprint density at radius 2 is 2.21 bits per heavy atom. The van der Waals surface area contributed by atoms with Crippen molar-refractivity contribution in [3.8, 4) is 5.75 Å². The molecule has 0 saturated heterocycles. The lowest BCUT2D eigenvalue weighted by Crippen LogP contribution is -2.06. The molecule has 0 aliphatic carbocycles. The van der Waals surface area contributed by atoms with Crippen molar-refractivity contribution >= 4 is 21.9 Å². The molecule has 0 aliphatic rings. The van der Waals surface area contributed by atoms with Gasteiger partial charge in [0.1, 0.15) is 11.3 Å². The summed E-state index contributed by atoms with van der Waals surface area (Å²) in [5, 5.41) is 0. The van der Waals surface area contributed by atoms with Crippen LogP contribution in [0.2, 0.25) is 0 Å². The zero-order chi connectivity index (χ0) is 10.6. The fourth-order valence-corrected chi connectivity index (χ4v) is 1.61. The summed E-state index contributed by atoms with van der Waals surface area (Å²) < 4.78 is 10.7. The number of benzene rings is 1. The van der Waals surface area contributed by atoms with E-state index in [0.717, 1.165) is 4.47 Å². The van der Waals surface area contributed by atoms with Gasteiger partial charge in [0.15, 0.2) is 0 Å². The van der Waals surface area contributed by atoms with Gasteiger partial charge in [0.05, 0.1) is 18.2 Å². The third kappa shape index (κ3) is 2.26. The van der Waals surface area contributed by atoms with Gasteiger partial charge in [0.25, 0.3) is 0 Å². The second kappa shape index (κ2) is 5.00. The summed E-state index contributed by atoms with van der Waals surface area (Å²) in [7, 11) is 1.52. The number of rotatable bonds is 3. The number of methoxy groups -OCH3 is 1. The van der Waals surface area contributed by atoms with E-state index in [1.54, 1.807) is 19.1 Å². The van der Waals surface area contributed by atoms with Crippen molar-refractivity contribution in [2.45, 2.75) is 6.92 Å². The molecule has 0 bridgehead atoms. The first-order valence-corrected chi connectivity index (χ1v) is 4.99. The molecule has 0 spiro atoms. The molecule has 1 aromatic carbocycles. The lowest BCUT2D eigenvalue weighted by atomic mass is 10.2. The fraction of sp³-hybridized carbons (Fsp3) is 0.300. The minimum absolute atomic E-state index is 0.356. The number of ether oxygens (including phenoxy) is 2. The van der Waals surface area contributed by atoms with E-state index in [1.807, 2.05) is 6.07 Å². The fourth-order valence-electron chi connectivity index (χ4n) is 1.09. The first-order chi connectivity index (χ1) is 6.70. The average Bonchev–Trinajstić information content (AvgIpc) is 2.17. The van der Waals surface area contributed by atoms with Gasteiger partial charge in [0.2, 0.25) is 0 Å². The summed E-state index contributed by atoms with van der Waals surface area (Å²) in [6.07, 6.45) is 0. The van der Waals surface area contributed by atoms with Gasteiger partial charge in [-0.3, -0.25) is 0 Å². The van der Waals surface area contributed by atoms with Crippen molar-refractivity contribution in [2.75, 3.05) is 13.7 Å². The van der Waals surface area contributed by atoms with Crippen molar-refractivity contribution in [2.24, 2.45) is 0 Å². The van der Waals surface area contributed by atoms with Gasteiger partial charge >= 0.3 is 5.97 Å². The normalized spacial score (nSPS) is 9.64. The Labute approximate surface area is 91.1 Å². The molecule has 0 unspecified atom stereocenters. The van der Waals surface area contributed by atoms with Crippen LogP contribution in [-0.4, -0.2) is 19.7 Å². The van der Waals surface area contributed by atoms with Crippen molar-refractivity contribution in [3.63, 3.8) is 0 Å². The second-order valence-electron chi connectivity index (χ2n) is 2.54. The first-order valence-electron chi connectivity index (χ1n) is 4.20. The van der Waals surface area contributed by atoms with E-state index in [2.05, 4.69) is 15.9 Å². The molecule has 1 rings (SSSR count). The molecule has 0 radical (unpaired) electrons. The maximum Gasteiger partial charge on any atom is 0.341 e. The highest BCUT2D eigenvalue weighted by molar-refractivity contribution is 9.10. The molecule has 1 aromatic rings. The largest absolute Gasteiger partial charge is 0.495 e. The van der Waals surface area contributed by atoms with E-state index in [9.17, 15) is 4.79 Å². The molecule has 0 aromatic heterocycles. The third-order valence-corrected chi connectivity index (χ3v) is 2.29. The van der Waals surface area contributed by atoms with Crippen LogP contribution in [0.1, 0.15) is 17.3 Å². The topological polar surface area (TPSA) is 35.5 Å². The molecule has 0 heterocycles. The monoisotopic (exact) mass is 258 g/mol. The standard InChI is InChI=1S/C10H11BrO3/c1-3-14-10(12)7-5-4-6-8(11)9(7)13-2/h4-6H,3H2,1-2H3. The Kier molecular flexibility index (Phi) is 3.95. The predicted octanol–water partition coefficient (Wildman–Crippen LogP) is 2.63. The summed E-state index contributed by atoms with van der Waals surface area (Å²) in [6.45, 7) is 2.12. The van der Waals surface area contributed by atoms with Gasteiger partial charge in [-0.2, -0.15) is 0 Å². The van der Waals surface area contributed by atoms with Gasteiger partial charge in [-0.15, -0.1) is 0 Å². The van der Waals surface area contributed by atoms with Crippen molar-refractivity contribution < 1.29 is 14.3 Å².